The molecule has 0 radical (unpaired) electrons. The second-order valence-corrected chi connectivity index (χ2v) is 7.59. The zero-order valence-electron chi connectivity index (χ0n) is 17.9. The van der Waals surface area contributed by atoms with E-state index in [0.717, 1.165) is 36.4 Å². The molecule has 2 aliphatic rings. The normalized spacial score (nSPS) is 17.5. The minimum atomic E-state index is -0.194. The van der Waals surface area contributed by atoms with Gasteiger partial charge in [-0.05, 0) is 38.4 Å². The lowest BCUT2D eigenvalue weighted by molar-refractivity contribution is -0.117. The van der Waals surface area contributed by atoms with E-state index >= 15 is 0 Å². The van der Waals surface area contributed by atoms with Crippen molar-refractivity contribution in [2.75, 3.05) is 39.4 Å². The van der Waals surface area contributed by atoms with Crippen molar-refractivity contribution < 1.29 is 28.5 Å². The van der Waals surface area contributed by atoms with E-state index in [1.807, 2.05) is 18.2 Å². The van der Waals surface area contributed by atoms with E-state index in [9.17, 15) is 9.59 Å². The van der Waals surface area contributed by atoms with Crippen molar-refractivity contribution in [1.29, 1.82) is 0 Å². The van der Waals surface area contributed by atoms with Crippen LogP contribution in [0.25, 0.3) is 0 Å². The van der Waals surface area contributed by atoms with Crippen LogP contribution in [0.4, 0.5) is 5.69 Å². The second-order valence-electron chi connectivity index (χ2n) is 7.59. The van der Waals surface area contributed by atoms with Gasteiger partial charge in [-0.15, -0.1) is 0 Å². The molecule has 0 spiro atoms. The van der Waals surface area contributed by atoms with Gasteiger partial charge in [-0.3, -0.25) is 14.5 Å². The molecule has 0 aromatic heterocycles. The van der Waals surface area contributed by atoms with Gasteiger partial charge in [-0.2, -0.15) is 0 Å². The first kappa shape index (κ1) is 21.0. The van der Waals surface area contributed by atoms with E-state index in [1.54, 1.807) is 26.4 Å². The van der Waals surface area contributed by atoms with E-state index in [4.69, 9.17) is 18.9 Å². The van der Waals surface area contributed by atoms with E-state index in [2.05, 4.69) is 10.2 Å². The molecule has 1 amide bonds. The maximum atomic E-state index is 12.9. The van der Waals surface area contributed by atoms with Gasteiger partial charge >= 0.3 is 0 Å². The van der Waals surface area contributed by atoms with E-state index in [-0.39, 0.29) is 31.1 Å². The number of hydrogen-bond donors (Lipinski definition) is 1. The summed E-state index contributed by atoms with van der Waals surface area (Å²) in [6.07, 6.45) is 1.91. The molecule has 4 rings (SSSR count). The Balaban J connectivity index is 1.51. The molecule has 2 aromatic rings. The number of carbonyl (C=O) groups excluding carboxylic acids is 2. The number of ether oxygens (including phenoxy) is 4. The first-order valence-electron chi connectivity index (χ1n) is 10.2. The Morgan fingerprint density at radius 1 is 1.13 bits per heavy atom. The fourth-order valence-electron chi connectivity index (χ4n) is 4.17. The minimum absolute atomic E-state index is 0.0654. The lowest BCUT2D eigenvalue weighted by atomic mass is 10.0. The standard InChI is InChI=1S/C23H26N2O6/c1-14(26)17-10-21-22(31-13-30-21)11-18(17)24-23(27)12-25-8-4-5-19(25)16-7-6-15(28-2)9-20(16)29-3/h6-7,9-11,19H,4-5,8,12-13H2,1-3H3,(H,24,27). The largest absolute Gasteiger partial charge is 0.497 e. The summed E-state index contributed by atoms with van der Waals surface area (Å²) in [7, 11) is 3.25. The number of rotatable bonds is 7. The molecule has 164 valence electrons. The van der Waals surface area contributed by atoms with Crippen LogP contribution in [0, 0.1) is 0 Å². The van der Waals surface area contributed by atoms with Crippen molar-refractivity contribution in [2.24, 2.45) is 0 Å². The molecule has 31 heavy (non-hydrogen) atoms. The number of likely N-dealkylation sites (tertiary alicyclic amines) is 1. The molecular weight excluding hydrogens is 400 g/mol. The van der Waals surface area contributed by atoms with Crippen LogP contribution in [-0.4, -0.2) is 50.7 Å². The van der Waals surface area contributed by atoms with Gasteiger partial charge in [0.1, 0.15) is 11.5 Å². The van der Waals surface area contributed by atoms with Crippen LogP contribution in [0.5, 0.6) is 23.0 Å². The zero-order valence-corrected chi connectivity index (χ0v) is 17.9. The molecule has 1 saturated heterocycles. The Kier molecular flexibility index (Phi) is 5.99. The molecule has 8 heteroatoms. The quantitative estimate of drug-likeness (QED) is 0.679. The first-order valence-corrected chi connectivity index (χ1v) is 10.2. The number of amides is 1. The van der Waals surface area contributed by atoms with Gasteiger partial charge in [0.05, 0.1) is 26.5 Å². The maximum absolute atomic E-state index is 12.9. The summed E-state index contributed by atoms with van der Waals surface area (Å²) in [5, 5.41) is 2.88. The van der Waals surface area contributed by atoms with Gasteiger partial charge in [0.15, 0.2) is 17.3 Å². The number of benzene rings is 2. The molecule has 2 aromatic carbocycles. The molecule has 1 N–H and O–H groups in total. The monoisotopic (exact) mass is 426 g/mol. The smallest absolute Gasteiger partial charge is 0.238 e. The predicted molar refractivity (Wildman–Crippen MR) is 114 cm³/mol. The molecule has 0 saturated carbocycles. The molecule has 2 aliphatic heterocycles. The first-order chi connectivity index (χ1) is 15.0. The van der Waals surface area contributed by atoms with E-state index < -0.39 is 0 Å². The number of methoxy groups -OCH3 is 2. The summed E-state index contributed by atoms with van der Waals surface area (Å²) in [6, 6.07) is 9.07. The lowest BCUT2D eigenvalue weighted by Gasteiger charge is -2.26. The molecule has 1 fully saturated rings. The van der Waals surface area contributed by atoms with Crippen LogP contribution in [0.3, 0.4) is 0 Å². The molecule has 2 heterocycles. The van der Waals surface area contributed by atoms with Crippen molar-refractivity contribution >= 4 is 17.4 Å². The Morgan fingerprint density at radius 2 is 1.90 bits per heavy atom. The number of nitrogens with zero attached hydrogens (tertiary/aromatic N) is 1. The molecule has 0 aliphatic carbocycles. The fourth-order valence-corrected chi connectivity index (χ4v) is 4.17. The van der Waals surface area contributed by atoms with Crippen molar-refractivity contribution in [1.82, 2.24) is 4.90 Å². The number of carbonyl (C=O) groups is 2. The topological polar surface area (TPSA) is 86.3 Å². The Morgan fingerprint density at radius 3 is 2.61 bits per heavy atom. The van der Waals surface area contributed by atoms with Crippen LogP contribution in [0.1, 0.15) is 41.7 Å². The summed E-state index contributed by atoms with van der Waals surface area (Å²) in [4.78, 5) is 27.1. The summed E-state index contributed by atoms with van der Waals surface area (Å²) in [5.41, 5.74) is 1.85. The van der Waals surface area contributed by atoms with Gasteiger partial charge < -0.3 is 24.3 Å². The third-order valence-electron chi connectivity index (χ3n) is 5.68. The van der Waals surface area contributed by atoms with E-state index in [0.29, 0.717) is 22.7 Å². The predicted octanol–water partition coefficient (Wildman–Crippen LogP) is 3.41. The van der Waals surface area contributed by atoms with Crippen LogP contribution in [-0.2, 0) is 4.79 Å². The van der Waals surface area contributed by atoms with Crippen molar-refractivity contribution in [2.45, 2.75) is 25.8 Å². The Bertz CT molecular complexity index is 1010. The van der Waals surface area contributed by atoms with Gasteiger partial charge in [0.2, 0.25) is 12.7 Å². The zero-order chi connectivity index (χ0) is 22.0. The summed E-state index contributed by atoms with van der Waals surface area (Å²) < 4.78 is 21.6. The van der Waals surface area contributed by atoms with Gasteiger partial charge in [-0.1, -0.05) is 6.07 Å². The Hall–Kier alpha value is -3.26. The third kappa shape index (κ3) is 4.29. The maximum Gasteiger partial charge on any atom is 0.238 e. The SMILES string of the molecule is COc1ccc(C2CCCN2CC(=O)Nc2cc3c(cc2C(C)=O)OCO3)c(OC)c1. The summed E-state index contributed by atoms with van der Waals surface area (Å²) in [6.45, 7) is 2.56. The fraction of sp³-hybridized carbons (Fsp3) is 0.391. The highest BCUT2D eigenvalue weighted by molar-refractivity contribution is 6.05. The van der Waals surface area contributed by atoms with Gasteiger partial charge in [0, 0.05) is 29.3 Å². The highest BCUT2D eigenvalue weighted by Crippen LogP contribution is 2.39. The molecule has 1 atom stereocenters. The van der Waals surface area contributed by atoms with Crippen LogP contribution >= 0.6 is 0 Å². The third-order valence-corrected chi connectivity index (χ3v) is 5.68. The van der Waals surface area contributed by atoms with E-state index in [1.165, 1.54) is 6.92 Å². The minimum Gasteiger partial charge on any atom is -0.497 e. The lowest BCUT2D eigenvalue weighted by Crippen LogP contribution is -2.33. The summed E-state index contributed by atoms with van der Waals surface area (Å²) in [5.74, 6) is 2.14. The summed E-state index contributed by atoms with van der Waals surface area (Å²) >= 11 is 0. The number of anilines is 1. The number of nitrogens with one attached hydrogen (secondary N) is 1. The van der Waals surface area contributed by atoms with Crippen LogP contribution in [0.2, 0.25) is 0 Å². The number of Topliss-reactive ketones (excluding diaryl/α,β-unsaturated/α-hetero) is 1. The van der Waals surface area contributed by atoms with Gasteiger partial charge in [0.25, 0.3) is 0 Å². The van der Waals surface area contributed by atoms with Gasteiger partial charge in [-0.25, -0.2) is 0 Å². The van der Waals surface area contributed by atoms with Crippen LogP contribution < -0.4 is 24.3 Å². The highest BCUT2D eigenvalue weighted by Gasteiger charge is 2.30. The molecule has 1 unspecified atom stereocenters. The van der Waals surface area contributed by atoms with Crippen molar-refractivity contribution in [3.63, 3.8) is 0 Å². The van der Waals surface area contributed by atoms with Crippen molar-refractivity contribution in [3.8, 4) is 23.0 Å². The highest BCUT2D eigenvalue weighted by atomic mass is 16.7. The molecule has 0 bridgehead atoms. The Labute approximate surface area is 181 Å². The molecular formula is C23H26N2O6. The second kappa shape index (κ2) is 8.85. The van der Waals surface area contributed by atoms with Crippen molar-refractivity contribution in [3.05, 3.63) is 41.5 Å². The number of hydrogen-bond acceptors (Lipinski definition) is 7. The average Bonchev–Trinajstić information content (AvgIpc) is 3.41. The number of fused-ring (bicyclic) bond motifs is 1. The number of ketones is 1. The van der Waals surface area contributed by atoms with Crippen LogP contribution in [0.15, 0.2) is 30.3 Å². The molecule has 8 nitrogen and oxygen atoms in total. The average molecular weight is 426 g/mol.